The number of ether oxygens (including phenoxy) is 1. The highest BCUT2D eigenvalue weighted by atomic mass is 19.2. The van der Waals surface area contributed by atoms with Gasteiger partial charge in [0.2, 0.25) is 0 Å². The lowest BCUT2D eigenvalue weighted by molar-refractivity contribution is -0.0166. The fraction of sp³-hybridized carbons (Fsp3) is 0.571. The molecule has 0 amide bonds. The topological polar surface area (TPSA) is 21.3 Å². The highest BCUT2D eigenvalue weighted by Gasteiger charge is 2.17. The molecule has 1 aromatic rings. The van der Waals surface area contributed by atoms with Crippen LogP contribution in [0.1, 0.15) is 38.2 Å². The Hall–Kier alpha value is -1.00. The summed E-state index contributed by atoms with van der Waals surface area (Å²) in [4.78, 5) is 0. The Bertz CT molecular complexity index is 391. The van der Waals surface area contributed by atoms with Gasteiger partial charge in [-0.15, -0.1) is 0 Å². The maximum atomic E-state index is 13.0. The lowest BCUT2D eigenvalue weighted by Crippen LogP contribution is -2.31. The van der Waals surface area contributed by atoms with Crippen LogP contribution in [0.4, 0.5) is 8.78 Å². The lowest BCUT2D eigenvalue weighted by atomic mass is 10.2. The maximum Gasteiger partial charge on any atom is 0.159 e. The van der Waals surface area contributed by atoms with Crippen LogP contribution in [-0.2, 0) is 11.3 Å². The van der Waals surface area contributed by atoms with Gasteiger partial charge >= 0.3 is 0 Å². The van der Waals surface area contributed by atoms with E-state index in [1.54, 1.807) is 6.07 Å². The quantitative estimate of drug-likeness (QED) is 0.815. The van der Waals surface area contributed by atoms with Crippen molar-refractivity contribution in [3.05, 3.63) is 35.4 Å². The van der Waals surface area contributed by atoms with Crippen molar-refractivity contribution >= 4 is 0 Å². The van der Waals surface area contributed by atoms with Crippen LogP contribution in [0.25, 0.3) is 0 Å². The molecule has 0 radical (unpaired) electrons. The number of rotatable bonds is 5. The Morgan fingerprint density at radius 1 is 1.28 bits per heavy atom. The van der Waals surface area contributed by atoms with Crippen molar-refractivity contribution in [2.45, 2.75) is 51.5 Å². The smallest absolute Gasteiger partial charge is 0.159 e. The Morgan fingerprint density at radius 3 is 2.67 bits per heavy atom. The van der Waals surface area contributed by atoms with E-state index in [1.165, 1.54) is 18.9 Å². The zero-order chi connectivity index (χ0) is 13.0. The van der Waals surface area contributed by atoms with Crippen molar-refractivity contribution < 1.29 is 13.5 Å². The molecule has 0 bridgehead atoms. The summed E-state index contributed by atoms with van der Waals surface area (Å²) < 4.78 is 31.6. The van der Waals surface area contributed by atoms with Crippen LogP contribution in [0.3, 0.4) is 0 Å². The van der Waals surface area contributed by atoms with Crippen LogP contribution in [0.5, 0.6) is 0 Å². The number of hydrogen-bond acceptors (Lipinski definition) is 2. The molecule has 18 heavy (non-hydrogen) atoms. The van der Waals surface area contributed by atoms with E-state index in [0.717, 1.165) is 24.5 Å². The predicted octanol–water partition coefficient (Wildman–Crippen LogP) is 3.36. The van der Waals surface area contributed by atoms with Gasteiger partial charge in [0, 0.05) is 6.54 Å². The average molecular weight is 255 g/mol. The maximum absolute atomic E-state index is 13.0. The molecule has 1 aliphatic carbocycles. The second-order valence-corrected chi connectivity index (χ2v) is 4.81. The first-order chi connectivity index (χ1) is 8.65. The number of nitrogens with one attached hydrogen (secondary N) is 1. The summed E-state index contributed by atoms with van der Waals surface area (Å²) in [5.41, 5.74) is 0.718. The molecule has 0 heterocycles. The molecule has 4 heteroatoms. The van der Waals surface area contributed by atoms with Crippen molar-refractivity contribution in [1.82, 2.24) is 5.32 Å². The molecule has 1 atom stereocenters. The van der Waals surface area contributed by atoms with Gasteiger partial charge < -0.3 is 4.74 Å². The van der Waals surface area contributed by atoms with Crippen molar-refractivity contribution in [2.24, 2.45) is 0 Å². The fourth-order valence-electron chi connectivity index (χ4n) is 2.27. The van der Waals surface area contributed by atoms with E-state index < -0.39 is 11.6 Å². The molecule has 1 aromatic carbocycles. The predicted molar refractivity (Wildman–Crippen MR) is 66.0 cm³/mol. The summed E-state index contributed by atoms with van der Waals surface area (Å²) in [7, 11) is 0. The van der Waals surface area contributed by atoms with Crippen LogP contribution in [-0.4, -0.2) is 12.3 Å². The van der Waals surface area contributed by atoms with Gasteiger partial charge in [-0.25, -0.2) is 8.78 Å². The molecule has 0 aromatic heterocycles. The molecule has 1 aliphatic rings. The highest BCUT2D eigenvalue weighted by Crippen LogP contribution is 2.21. The second kappa shape index (κ2) is 6.25. The number of hydrogen-bond donors (Lipinski definition) is 1. The minimum Gasteiger partial charge on any atom is -0.360 e. The molecule has 0 aliphatic heterocycles. The van der Waals surface area contributed by atoms with E-state index in [2.05, 4.69) is 5.32 Å². The summed E-state index contributed by atoms with van der Waals surface area (Å²) in [6.45, 7) is 2.42. The summed E-state index contributed by atoms with van der Waals surface area (Å²) in [5.74, 6) is -1.62. The second-order valence-electron chi connectivity index (χ2n) is 4.81. The van der Waals surface area contributed by atoms with Gasteiger partial charge in [-0.3, -0.25) is 5.32 Å². The largest absolute Gasteiger partial charge is 0.360 e. The van der Waals surface area contributed by atoms with Gasteiger partial charge in [-0.05, 0) is 37.5 Å². The van der Waals surface area contributed by atoms with Crippen LogP contribution in [0.15, 0.2) is 18.2 Å². The first-order valence-corrected chi connectivity index (χ1v) is 6.48. The Balaban J connectivity index is 1.77. The zero-order valence-corrected chi connectivity index (χ0v) is 10.6. The summed E-state index contributed by atoms with van der Waals surface area (Å²) in [6, 6.07) is 3.94. The number of halogens is 2. The van der Waals surface area contributed by atoms with Crippen LogP contribution in [0.2, 0.25) is 0 Å². The summed E-state index contributed by atoms with van der Waals surface area (Å²) in [6.07, 6.45) is 4.99. The van der Waals surface area contributed by atoms with Gasteiger partial charge in [0.15, 0.2) is 11.6 Å². The van der Waals surface area contributed by atoms with E-state index in [-0.39, 0.29) is 6.23 Å². The van der Waals surface area contributed by atoms with Gasteiger partial charge in [-0.2, -0.15) is 0 Å². The van der Waals surface area contributed by atoms with Crippen LogP contribution in [0, 0.1) is 11.6 Å². The highest BCUT2D eigenvalue weighted by molar-refractivity contribution is 5.17. The molecule has 1 N–H and O–H groups in total. The van der Waals surface area contributed by atoms with E-state index in [4.69, 9.17) is 4.74 Å². The van der Waals surface area contributed by atoms with E-state index in [0.29, 0.717) is 12.6 Å². The van der Waals surface area contributed by atoms with Gasteiger partial charge in [0.05, 0.1) is 6.10 Å². The summed E-state index contributed by atoms with van der Waals surface area (Å²) in [5, 5.41) is 3.16. The lowest BCUT2D eigenvalue weighted by Gasteiger charge is -2.19. The number of benzene rings is 1. The Morgan fingerprint density at radius 2 is 2.00 bits per heavy atom. The third-order valence-corrected chi connectivity index (χ3v) is 3.28. The van der Waals surface area contributed by atoms with Gasteiger partial charge in [-0.1, -0.05) is 18.9 Å². The van der Waals surface area contributed by atoms with E-state index in [9.17, 15) is 8.78 Å². The Labute approximate surface area is 106 Å². The van der Waals surface area contributed by atoms with Crippen molar-refractivity contribution in [2.75, 3.05) is 0 Å². The minimum atomic E-state index is -0.811. The standard InChI is InChI=1S/C14H19F2NO/c1-10(18-12-4-2-3-5-12)17-9-11-6-7-13(15)14(16)8-11/h6-8,10,12,17H,2-5,9H2,1H3. The third kappa shape index (κ3) is 3.75. The minimum absolute atomic E-state index is 0.0683. The molecule has 0 saturated heterocycles. The molecular weight excluding hydrogens is 236 g/mol. The first-order valence-electron chi connectivity index (χ1n) is 6.48. The molecule has 2 nitrogen and oxygen atoms in total. The van der Waals surface area contributed by atoms with Crippen molar-refractivity contribution in [3.63, 3.8) is 0 Å². The van der Waals surface area contributed by atoms with Crippen LogP contribution >= 0.6 is 0 Å². The van der Waals surface area contributed by atoms with Crippen molar-refractivity contribution in [1.29, 1.82) is 0 Å². The SMILES string of the molecule is CC(NCc1ccc(F)c(F)c1)OC1CCCC1. The molecule has 2 rings (SSSR count). The molecule has 1 fully saturated rings. The normalized spacial score (nSPS) is 18.2. The molecular formula is C14H19F2NO. The summed E-state index contributed by atoms with van der Waals surface area (Å²) >= 11 is 0. The fourth-order valence-corrected chi connectivity index (χ4v) is 2.27. The van der Waals surface area contributed by atoms with Crippen molar-refractivity contribution in [3.8, 4) is 0 Å². The van der Waals surface area contributed by atoms with Crippen LogP contribution < -0.4 is 5.32 Å². The molecule has 1 unspecified atom stereocenters. The monoisotopic (exact) mass is 255 g/mol. The van der Waals surface area contributed by atoms with Gasteiger partial charge in [0.25, 0.3) is 0 Å². The molecule has 0 spiro atoms. The molecule has 100 valence electrons. The zero-order valence-electron chi connectivity index (χ0n) is 10.6. The van der Waals surface area contributed by atoms with E-state index >= 15 is 0 Å². The third-order valence-electron chi connectivity index (χ3n) is 3.28. The van der Waals surface area contributed by atoms with Gasteiger partial charge in [0.1, 0.15) is 6.23 Å². The molecule has 1 saturated carbocycles. The van der Waals surface area contributed by atoms with E-state index in [1.807, 2.05) is 6.92 Å². The average Bonchev–Trinajstić information content (AvgIpc) is 2.83. The first kappa shape index (κ1) is 13.4. The Kier molecular flexibility index (Phi) is 4.66.